The summed E-state index contributed by atoms with van der Waals surface area (Å²) in [6.07, 6.45) is 0.143. The molecule has 0 aliphatic carbocycles. The predicted octanol–water partition coefficient (Wildman–Crippen LogP) is 4.68. The van der Waals surface area contributed by atoms with Crippen molar-refractivity contribution in [2.45, 2.75) is 32.4 Å². The van der Waals surface area contributed by atoms with E-state index in [-0.39, 0.29) is 30.5 Å². The van der Waals surface area contributed by atoms with Gasteiger partial charge in [-0.05, 0) is 30.2 Å². The number of hydrogen-bond acceptors (Lipinski definition) is 4. The molecule has 0 saturated carbocycles. The number of carbonyl (C=O) groups excluding carboxylic acids is 2. The Morgan fingerprint density at radius 2 is 1.62 bits per heavy atom. The first kappa shape index (κ1) is 25.1. The number of rotatable bonds is 10. The van der Waals surface area contributed by atoms with Crippen LogP contribution < -0.4 is 5.32 Å². The lowest BCUT2D eigenvalue weighted by atomic mass is 10.0. The van der Waals surface area contributed by atoms with E-state index >= 15 is 0 Å². The number of nitrogens with one attached hydrogen (secondary N) is 1. The zero-order valence-electron chi connectivity index (χ0n) is 18.8. The third-order valence-electron chi connectivity index (χ3n) is 5.42. The molecule has 0 fully saturated rings. The van der Waals surface area contributed by atoms with Crippen molar-refractivity contribution in [1.82, 2.24) is 10.2 Å². The average molecular weight is 524 g/mol. The fourth-order valence-electron chi connectivity index (χ4n) is 3.74. The second-order valence-electron chi connectivity index (χ2n) is 7.81. The van der Waals surface area contributed by atoms with Crippen LogP contribution >= 0.6 is 15.9 Å². The van der Waals surface area contributed by atoms with Gasteiger partial charge in [-0.25, -0.2) is 0 Å². The number of carbonyl (C=O) groups is 2. The van der Waals surface area contributed by atoms with Gasteiger partial charge in [0, 0.05) is 35.6 Å². The maximum absolute atomic E-state index is 13.6. The Balaban J connectivity index is 1.99. The number of nitro groups is 1. The number of para-hydroxylation sites is 1. The van der Waals surface area contributed by atoms with Crippen molar-refractivity contribution in [3.8, 4) is 0 Å². The van der Waals surface area contributed by atoms with Gasteiger partial charge in [-0.15, -0.1) is 0 Å². The molecule has 176 valence electrons. The summed E-state index contributed by atoms with van der Waals surface area (Å²) < 4.78 is 0.901. The molecule has 0 bridgehead atoms. The van der Waals surface area contributed by atoms with Gasteiger partial charge in [0.1, 0.15) is 6.04 Å². The second kappa shape index (κ2) is 12.1. The summed E-state index contributed by atoms with van der Waals surface area (Å²) in [6.45, 7) is 2.45. The minimum absolute atomic E-state index is 0.114. The summed E-state index contributed by atoms with van der Waals surface area (Å²) in [6, 6.07) is 22.4. The molecule has 8 heteroatoms. The number of benzene rings is 3. The first-order valence-corrected chi connectivity index (χ1v) is 11.8. The Hall–Kier alpha value is -3.52. The van der Waals surface area contributed by atoms with Crippen LogP contribution in [0.25, 0.3) is 0 Å². The lowest BCUT2D eigenvalue weighted by Gasteiger charge is -2.31. The quantitative estimate of drug-likeness (QED) is 0.308. The Morgan fingerprint density at radius 1 is 0.971 bits per heavy atom. The van der Waals surface area contributed by atoms with E-state index in [1.807, 2.05) is 61.5 Å². The van der Waals surface area contributed by atoms with Crippen LogP contribution in [0, 0.1) is 10.1 Å². The van der Waals surface area contributed by atoms with Crippen LogP contribution in [0.15, 0.2) is 83.3 Å². The van der Waals surface area contributed by atoms with Crippen LogP contribution in [0.1, 0.15) is 23.6 Å². The number of amides is 2. The molecule has 0 heterocycles. The molecule has 3 rings (SSSR count). The fourth-order valence-corrected chi connectivity index (χ4v) is 4.00. The number of hydrogen-bond donors (Lipinski definition) is 1. The smallest absolute Gasteiger partial charge is 0.273 e. The Bertz CT molecular complexity index is 1140. The molecule has 0 aromatic heterocycles. The molecular formula is C26H26BrN3O4. The van der Waals surface area contributed by atoms with Gasteiger partial charge >= 0.3 is 0 Å². The molecule has 1 atom stereocenters. The van der Waals surface area contributed by atoms with E-state index < -0.39 is 11.0 Å². The lowest BCUT2D eigenvalue weighted by Crippen LogP contribution is -2.51. The number of nitrogens with zero attached hydrogens (tertiary/aromatic N) is 2. The Kier molecular flexibility index (Phi) is 8.93. The summed E-state index contributed by atoms with van der Waals surface area (Å²) in [5.41, 5.74) is 1.96. The van der Waals surface area contributed by atoms with Crippen LogP contribution in [0.3, 0.4) is 0 Å². The van der Waals surface area contributed by atoms with Crippen molar-refractivity contribution in [2.24, 2.45) is 0 Å². The monoisotopic (exact) mass is 523 g/mol. The molecule has 34 heavy (non-hydrogen) atoms. The van der Waals surface area contributed by atoms with E-state index in [2.05, 4.69) is 21.2 Å². The Morgan fingerprint density at radius 3 is 2.26 bits per heavy atom. The predicted molar refractivity (Wildman–Crippen MR) is 134 cm³/mol. The van der Waals surface area contributed by atoms with E-state index in [1.165, 1.54) is 11.0 Å². The third kappa shape index (κ3) is 6.74. The molecule has 0 spiro atoms. The molecule has 3 aromatic rings. The summed E-state index contributed by atoms with van der Waals surface area (Å²) in [7, 11) is 0. The van der Waals surface area contributed by atoms with Crippen molar-refractivity contribution in [3.63, 3.8) is 0 Å². The zero-order valence-corrected chi connectivity index (χ0v) is 20.4. The maximum atomic E-state index is 13.6. The van der Waals surface area contributed by atoms with Gasteiger partial charge in [0.05, 0.1) is 11.3 Å². The second-order valence-corrected chi connectivity index (χ2v) is 8.73. The van der Waals surface area contributed by atoms with E-state index in [1.54, 1.807) is 18.2 Å². The van der Waals surface area contributed by atoms with Crippen molar-refractivity contribution in [3.05, 3.63) is 110 Å². The topological polar surface area (TPSA) is 92.6 Å². The normalized spacial score (nSPS) is 11.5. The number of likely N-dealkylation sites (N-methyl/N-ethyl adjacent to an activating group) is 1. The molecule has 0 aliphatic heterocycles. The first-order chi connectivity index (χ1) is 16.4. The summed E-state index contributed by atoms with van der Waals surface area (Å²) >= 11 is 3.41. The Labute approximate surface area is 207 Å². The van der Waals surface area contributed by atoms with Crippen molar-refractivity contribution < 1.29 is 14.5 Å². The average Bonchev–Trinajstić information content (AvgIpc) is 2.83. The van der Waals surface area contributed by atoms with Crippen LogP contribution in [0.4, 0.5) is 5.69 Å². The highest BCUT2D eigenvalue weighted by molar-refractivity contribution is 9.10. The largest absolute Gasteiger partial charge is 0.355 e. The standard InChI is InChI=1S/C26H26BrN3O4/c1-2-28-26(32)24(16-19-8-4-3-5-9-19)29(18-20-12-14-22(27)15-13-20)25(31)17-21-10-6-7-11-23(21)30(33)34/h3-15,24H,2,16-18H2,1H3,(H,28,32)/t24-/m0/s1. The minimum Gasteiger partial charge on any atom is -0.355 e. The molecule has 0 unspecified atom stereocenters. The van der Waals surface area contributed by atoms with Crippen LogP contribution in [0.5, 0.6) is 0 Å². The van der Waals surface area contributed by atoms with Gasteiger partial charge in [0.2, 0.25) is 11.8 Å². The van der Waals surface area contributed by atoms with E-state index in [0.717, 1.165) is 15.6 Å². The van der Waals surface area contributed by atoms with Gasteiger partial charge in [-0.1, -0.05) is 76.6 Å². The maximum Gasteiger partial charge on any atom is 0.273 e. The molecule has 0 aliphatic rings. The van der Waals surface area contributed by atoms with Crippen LogP contribution in [-0.4, -0.2) is 34.2 Å². The molecule has 2 amide bonds. The lowest BCUT2D eigenvalue weighted by molar-refractivity contribution is -0.385. The highest BCUT2D eigenvalue weighted by atomic mass is 79.9. The summed E-state index contributed by atoms with van der Waals surface area (Å²) in [4.78, 5) is 39.3. The van der Waals surface area contributed by atoms with Gasteiger partial charge in [0.25, 0.3) is 5.69 Å². The third-order valence-corrected chi connectivity index (χ3v) is 5.95. The van der Waals surface area contributed by atoms with Gasteiger partial charge in [-0.3, -0.25) is 19.7 Å². The van der Waals surface area contributed by atoms with E-state index in [0.29, 0.717) is 18.5 Å². The van der Waals surface area contributed by atoms with Crippen molar-refractivity contribution in [1.29, 1.82) is 0 Å². The molecule has 7 nitrogen and oxygen atoms in total. The molecule has 0 radical (unpaired) electrons. The van der Waals surface area contributed by atoms with Crippen molar-refractivity contribution in [2.75, 3.05) is 6.54 Å². The molecule has 3 aromatic carbocycles. The summed E-state index contributed by atoms with van der Waals surface area (Å²) in [5.74, 6) is -0.622. The van der Waals surface area contributed by atoms with Crippen molar-refractivity contribution >= 4 is 33.4 Å². The number of halogens is 1. The fraction of sp³-hybridized carbons (Fsp3) is 0.231. The first-order valence-electron chi connectivity index (χ1n) is 11.0. The zero-order chi connectivity index (χ0) is 24.5. The molecular weight excluding hydrogens is 498 g/mol. The van der Waals surface area contributed by atoms with Gasteiger partial charge in [-0.2, -0.15) is 0 Å². The minimum atomic E-state index is -0.777. The van der Waals surface area contributed by atoms with E-state index in [9.17, 15) is 19.7 Å². The highest BCUT2D eigenvalue weighted by Crippen LogP contribution is 2.22. The van der Waals surface area contributed by atoms with Crippen LogP contribution in [-0.2, 0) is 29.0 Å². The molecule has 1 N–H and O–H groups in total. The van der Waals surface area contributed by atoms with Crippen LogP contribution in [0.2, 0.25) is 0 Å². The number of nitro benzene ring substituents is 1. The SMILES string of the molecule is CCNC(=O)[C@H](Cc1ccccc1)N(Cc1ccc(Br)cc1)C(=O)Cc1ccccc1[N+](=O)[O-]. The summed E-state index contributed by atoms with van der Waals surface area (Å²) in [5, 5.41) is 14.3. The molecule has 0 saturated heterocycles. The van der Waals surface area contributed by atoms with Gasteiger partial charge < -0.3 is 10.2 Å². The van der Waals surface area contributed by atoms with Gasteiger partial charge in [0.15, 0.2) is 0 Å². The highest BCUT2D eigenvalue weighted by Gasteiger charge is 2.31. The van der Waals surface area contributed by atoms with E-state index in [4.69, 9.17) is 0 Å².